The second kappa shape index (κ2) is 8.61. The van der Waals surface area contributed by atoms with E-state index in [1.54, 1.807) is 12.1 Å². The molecule has 0 bridgehead atoms. The molecule has 0 fully saturated rings. The Bertz CT molecular complexity index is 1010. The van der Waals surface area contributed by atoms with Crippen molar-refractivity contribution in [3.8, 4) is 5.75 Å². The van der Waals surface area contributed by atoms with E-state index in [1.807, 2.05) is 18.3 Å². The highest BCUT2D eigenvalue weighted by atomic mass is 16.5. The van der Waals surface area contributed by atoms with Gasteiger partial charge in [0.25, 0.3) is 0 Å². The fraction of sp³-hybridized carbons (Fsp3) is 0.273. The minimum atomic E-state index is -0.997. The summed E-state index contributed by atoms with van der Waals surface area (Å²) in [4.78, 5) is 26.7. The van der Waals surface area contributed by atoms with Gasteiger partial charge in [-0.3, -0.25) is 4.79 Å². The number of aryl methyl sites for hydroxylation is 1. The number of carboxylic acid groups (broad SMARTS) is 1. The van der Waals surface area contributed by atoms with Crippen molar-refractivity contribution in [2.24, 2.45) is 0 Å². The molecule has 6 heteroatoms. The number of carboxylic acids is 1. The van der Waals surface area contributed by atoms with Crippen molar-refractivity contribution in [2.75, 3.05) is 13.7 Å². The average molecular weight is 380 g/mol. The summed E-state index contributed by atoms with van der Waals surface area (Å²) < 4.78 is 5.27. The van der Waals surface area contributed by atoms with Gasteiger partial charge in [-0.2, -0.15) is 0 Å². The van der Waals surface area contributed by atoms with Crippen LogP contribution in [0.4, 0.5) is 0 Å². The molecule has 0 radical (unpaired) electrons. The normalized spacial score (nSPS) is 10.8. The summed E-state index contributed by atoms with van der Waals surface area (Å²) in [6.45, 7) is 2.56. The molecule has 28 heavy (non-hydrogen) atoms. The van der Waals surface area contributed by atoms with Gasteiger partial charge in [0.2, 0.25) is 5.91 Å². The standard InChI is InChI=1S/C22H24N2O4/c1-3-14-5-4-6-18-17(13-24-21(14)18)12-20(25)23-10-9-15-7-8-16(22(26)27)11-19(15)28-2/h4-8,11,13,24H,3,9-10,12H2,1-2H3,(H,23,25)(H,26,27). The molecule has 0 unspecified atom stereocenters. The highest BCUT2D eigenvalue weighted by molar-refractivity contribution is 5.90. The summed E-state index contributed by atoms with van der Waals surface area (Å²) in [5.41, 5.74) is 4.34. The van der Waals surface area contributed by atoms with Gasteiger partial charge in [-0.1, -0.05) is 31.2 Å². The minimum Gasteiger partial charge on any atom is -0.496 e. The van der Waals surface area contributed by atoms with Crippen molar-refractivity contribution < 1.29 is 19.4 Å². The molecule has 3 rings (SSSR count). The average Bonchev–Trinajstić information content (AvgIpc) is 3.10. The first-order valence-electron chi connectivity index (χ1n) is 9.28. The first kappa shape index (κ1) is 19.5. The number of aromatic nitrogens is 1. The molecule has 0 aliphatic rings. The van der Waals surface area contributed by atoms with Gasteiger partial charge in [-0.15, -0.1) is 0 Å². The molecule has 6 nitrogen and oxygen atoms in total. The lowest BCUT2D eigenvalue weighted by atomic mass is 10.1. The van der Waals surface area contributed by atoms with Gasteiger partial charge in [0.05, 0.1) is 19.1 Å². The number of methoxy groups -OCH3 is 1. The van der Waals surface area contributed by atoms with Crippen molar-refractivity contribution >= 4 is 22.8 Å². The summed E-state index contributed by atoms with van der Waals surface area (Å²) in [7, 11) is 1.50. The Hall–Kier alpha value is -3.28. The van der Waals surface area contributed by atoms with Crippen molar-refractivity contribution in [1.82, 2.24) is 10.3 Å². The predicted octanol–water partition coefficient (Wildman–Crippen LogP) is 3.34. The molecule has 0 aliphatic carbocycles. The number of aromatic carboxylic acids is 1. The third-order valence-corrected chi connectivity index (χ3v) is 4.87. The first-order chi connectivity index (χ1) is 13.5. The summed E-state index contributed by atoms with van der Waals surface area (Å²) in [5.74, 6) is -0.537. The van der Waals surface area contributed by atoms with Crippen molar-refractivity contribution in [2.45, 2.75) is 26.2 Å². The third kappa shape index (κ3) is 4.17. The Balaban J connectivity index is 1.60. The SMILES string of the molecule is CCc1cccc2c(CC(=O)NCCc3ccc(C(=O)O)cc3OC)c[nH]c12. The molecule has 1 amide bonds. The number of para-hydroxylation sites is 1. The molecule has 0 spiro atoms. The van der Waals surface area contributed by atoms with E-state index in [4.69, 9.17) is 9.84 Å². The van der Waals surface area contributed by atoms with Crippen LogP contribution < -0.4 is 10.1 Å². The molecule has 0 saturated heterocycles. The molecule has 3 aromatic rings. The summed E-state index contributed by atoms with van der Waals surface area (Å²) in [5, 5.41) is 13.1. The molecule has 1 aromatic heterocycles. The lowest BCUT2D eigenvalue weighted by Gasteiger charge is -2.10. The predicted molar refractivity (Wildman–Crippen MR) is 108 cm³/mol. The van der Waals surface area contributed by atoms with E-state index in [0.29, 0.717) is 25.1 Å². The van der Waals surface area contributed by atoms with Gasteiger partial charge in [0.1, 0.15) is 5.75 Å². The van der Waals surface area contributed by atoms with Gasteiger partial charge in [0, 0.05) is 23.6 Å². The number of carbonyl (C=O) groups is 2. The molecule has 0 aliphatic heterocycles. The molecule has 0 atom stereocenters. The van der Waals surface area contributed by atoms with Crippen molar-refractivity contribution in [3.63, 3.8) is 0 Å². The lowest BCUT2D eigenvalue weighted by molar-refractivity contribution is -0.120. The van der Waals surface area contributed by atoms with E-state index in [0.717, 1.165) is 28.5 Å². The van der Waals surface area contributed by atoms with Gasteiger partial charge >= 0.3 is 5.97 Å². The number of carbonyl (C=O) groups excluding carboxylic acids is 1. The van der Waals surface area contributed by atoms with Gasteiger partial charge in [-0.05, 0) is 41.7 Å². The maximum Gasteiger partial charge on any atom is 0.335 e. The van der Waals surface area contributed by atoms with Crippen molar-refractivity contribution in [3.05, 3.63) is 64.8 Å². The molecular formula is C22H24N2O4. The van der Waals surface area contributed by atoms with E-state index in [1.165, 1.54) is 18.7 Å². The minimum absolute atomic E-state index is 0.0519. The smallest absolute Gasteiger partial charge is 0.335 e. The molecule has 1 heterocycles. The summed E-state index contributed by atoms with van der Waals surface area (Å²) in [6, 6.07) is 10.9. The number of hydrogen-bond acceptors (Lipinski definition) is 3. The van der Waals surface area contributed by atoms with Crippen LogP contribution in [-0.2, 0) is 24.1 Å². The Morgan fingerprint density at radius 2 is 1.96 bits per heavy atom. The summed E-state index contributed by atoms with van der Waals surface area (Å²) >= 11 is 0. The maximum absolute atomic E-state index is 12.4. The van der Waals surface area contributed by atoms with E-state index >= 15 is 0 Å². The number of benzene rings is 2. The highest BCUT2D eigenvalue weighted by Gasteiger charge is 2.12. The van der Waals surface area contributed by atoms with Crippen LogP contribution in [0.5, 0.6) is 5.75 Å². The number of hydrogen-bond donors (Lipinski definition) is 3. The Labute approximate surface area is 163 Å². The number of fused-ring (bicyclic) bond motifs is 1. The summed E-state index contributed by atoms with van der Waals surface area (Å²) in [6.07, 6.45) is 3.70. The number of amides is 1. The van der Waals surface area contributed by atoms with Gasteiger partial charge in [0.15, 0.2) is 0 Å². The van der Waals surface area contributed by atoms with Crippen LogP contribution in [0.1, 0.15) is 34.0 Å². The van der Waals surface area contributed by atoms with Crippen LogP contribution in [-0.4, -0.2) is 35.6 Å². The maximum atomic E-state index is 12.4. The number of H-pyrrole nitrogens is 1. The van der Waals surface area contributed by atoms with Crippen molar-refractivity contribution in [1.29, 1.82) is 0 Å². The van der Waals surface area contributed by atoms with Crippen LogP contribution in [0.15, 0.2) is 42.6 Å². The van der Waals surface area contributed by atoms with E-state index in [-0.39, 0.29) is 11.5 Å². The first-order valence-corrected chi connectivity index (χ1v) is 9.28. The fourth-order valence-corrected chi connectivity index (χ4v) is 3.37. The second-order valence-corrected chi connectivity index (χ2v) is 6.62. The fourth-order valence-electron chi connectivity index (χ4n) is 3.37. The highest BCUT2D eigenvalue weighted by Crippen LogP contribution is 2.23. The zero-order chi connectivity index (χ0) is 20.1. The molecule has 3 N–H and O–H groups in total. The van der Waals surface area contributed by atoms with Crippen LogP contribution in [0.3, 0.4) is 0 Å². The van der Waals surface area contributed by atoms with Crippen LogP contribution >= 0.6 is 0 Å². The zero-order valence-corrected chi connectivity index (χ0v) is 16.0. The molecule has 146 valence electrons. The quantitative estimate of drug-likeness (QED) is 0.559. The zero-order valence-electron chi connectivity index (χ0n) is 16.0. The number of aromatic amines is 1. The molecule has 2 aromatic carbocycles. The number of ether oxygens (including phenoxy) is 1. The number of rotatable bonds is 8. The number of nitrogens with one attached hydrogen (secondary N) is 2. The van der Waals surface area contributed by atoms with Crippen LogP contribution in [0.2, 0.25) is 0 Å². The van der Waals surface area contributed by atoms with E-state index < -0.39 is 5.97 Å². The Morgan fingerprint density at radius 1 is 1.14 bits per heavy atom. The monoisotopic (exact) mass is 380 g/mol. The van der Waals surface area contributed by atoms with Crippen LogP contribution in [0.25, 0.3) is 10.9 Å². The van der Waals surface area contributed by atoms with E-state index in [2.05, 4.69) is 23.3 Å². The molecular weight excluding hydrogens is 356 g/mol. The largest absolute Gasteiger partial charge is 0.496 e. The van der Waals surface area contributed by atoms with Gasteiger partial charge < -0.3 is 20.1 Å². The van der Waals surface area contributed by atoms with E-state index in [9.17, 15) is 9.59 Å². The Morgan fingerprint density at radius 3 is 2.68 bits per heavy atom. The van der Waals surface area contributed by atoms with Crippen LogP contribution in [0, 0.1) is 0 Å². The second-order valence-electron chi connectivity index (χ2n) is 6.62. The third-order valence-electron chi connectivity index (χ3n) is 4.87. The lowest BCUT2D eigenvalue weighted by Crippen LogP contribution is -2.27. The molecule has 0 saturated carbocycles. The topological polar surface area (TPSA) is 91.4 Å². The van der Waals surface area contributed by atoms with Gasteiger partial charge in [-0.25, -0.2) is 4.79 Å². The Kier molecular flexibility index (Phi) is 5.99.